The van der Waals surface area contributed by atoms with E-state index in [4.69, 9.17) is 28.9 Å². The van der Waals surface area contributed by atoms with Crippen LogP contribution in [0.3, 0.4) is 0 Å². The van der Waals surface area contributed by atoms with Crippen molar-refractivity contribution in [2.75, 3.05) is 27.4 Å². The SMILES string of the molecule is CCC(C)COc1ccc(-c2c3/c(=C(\C#N)c4nc5cc(OC)ccc5s4)n(B(c4ccccc4)c4ccccc4)c(-c4ccc(OCC(C)CC)cc4)c3/c(=C(\C#N)c3nc4cc(OC)ccc4s3)n2B(c2ccccc2)c2ccccc2)cc1. The molecule has 0 amide bonds. The summed E-state index contributed by atoms with van der Waals surface area (Å²) in [6.07, 6.45) is 1.96. The molecule has 0 radical (unpaired) electrons. The van der Waals surface area contributed by atoms with Gasteiger partial charge in [-0.15, -0.1) is 22.7 Å². The molecule has 86 heavy (non-hydrogen) atoms. The van der Waals surface area contributed by atoms with Crippen molar-refractivity contribution in [3.8, 4) is 57.7 Å². The first kappa shape index (κ1) is 56.9. The van der Waals surface area contributed by atoms with Crippen LogP contribution in [0, 0.1) is 34.5 Å². The number of ether oxygens (including phenoxy) is 4. The molecule has 0 fully saturated rings. The molecule has 12 rings (SSSR count). The number of hydrogen-bond donors (Lipinski definition) is 0. The van der Waals surface area contributed by atoms with Crippen molar-refractivity contribution in [3.63, 3.8) is 0 Å². The number of methoxy groups -OCH3 is 2. The molecule has 0 aliphatic carbocycles. The summed E-state index contributed by atoms with van der Waals surface area (Å²) in [6.45, 7) is 8.74. The van der Waals surface area contributed by atoms with Crippen molar-refractivity contribution < 1.29 is 18.9 Å². The van der Waals surface area contributed by atoms with Crippen LogP contribution in [-0.4, -0.2) is 60.1 Å². The Labute approximate surface area is 510 Å². The zero-order chi connectivity index (χ0) is 59.3. The van der Waals surface area contributed by atoms with Crippen LogP contribution in [0.25, 0.3) is 64.9 Å². The molecule has 0 aliphatic rings. The number of benzene rings is 8. The second kappa shape index (κ2) is 25.3. The molecule has 8 aromatic carbocycles. The summed E-state index contributed by atoms with van der Waals surface area (Å²) in [5.41, 5.74) is 9.25. The first-order chi connectivity index (χ1) is 42.2. The van der Waals surface area contributed by atoms with Crippen LogP contribution in [0.5, 0.6) is 23.0 Å². The smallest absolute Gasteiger partial charge is 0.328 e. The van der Waals surface area contributed by atoms with Gasteiger partial charge in [0.1, 0.15) is 56.3 Å². The van der Waals surface area contributed by atoms with Gasteiger partial charge in [0.15, 0.2) is 0 Å². The molecule has 0 saturated heterocycles. The highest BCUT2D eigenvalue weighted by atomic mass is 32.1. The van der Waals surface area contributed by atoms with Gasteiger partial charge in [0.25, 0.3) is 0 Å². The minimum absolute atomic E-state index is 0.349. The van der Waals surface area contributed by atoms with Crippen LogP contribution in [0.1, 0.15) is 50.6 Å². The van der Waals surface area contributed by atoms with Gasteiger partial charge in [0, 0.05) is 34.3 Å². The lowest BCUT2D eigenvalue weighted by molar-refractivity contribution is 0.256. The average Bonchev–Trinajstić information content (AvgIpc) is 1.65. The van der Waals surface area contributed by atoms with Crippen LogP contribution in [-0.2, 0) is 0 Å². The van der Waals surface area contributed by atoms with Crippen molar-refractivity contribution >= 4 is 101 Å². The van der Waals surface area contributed by atoms with E-state index in [2.05, 4.69) is 170 Å². The lowest BCUT2D eigenvalue weighted by Gasteiger charge is -2.24. The summed E-state index contributed by atoms with van der Waals surface area (Å²) < 4.78 is 31.0. The average molecular weight is 1160 g/mol. The largest absolute Gasteiger partial charge is 0.497 e. The van der Waals surface area contributed by atoms with Gasteiger partial charge >= 0.3 is 13.7 Å². The van der Waals surface area contributed by atoms with E-state index in [9.17, 15) is 10.5 Å². The summed E-state index contributed by atoms with van der Waals surface area (Å²) in [5, 5.41) is 28.7. The highest BCUT2D eigenvalue weighted by molar-refractivity contribution is 7.20. The molecule has 422 valence electrons. The normalized spacial score (nSPS) is 12.7. The van der Waals surface area contributed by atoms with Gasteiger partial charge in [-0.3, -0.25) is 0 Å². The van der Waals surface area contributed by atoms with Crippen molar-refractivity contribution in [3.05, 3.63) is 227 Å². The van der Waals surface area contributed by atoms with Gasteiger partial charge in [-0.1, -0.05) is 184 Å². The van der Waals surface area contributed by atoms with Gasteiger partial charge in [0.2, 0.25) is 0 Å². The molecule has 10 nitrogen and oxygen atoms in total. The Hall–Kier alpha value is -9.59. The second-order valence-electron chi connectivity index (χ2n) is 21.7. The Bertz CT molecular complexity index is 4220. The van der Waals surface area contributed by atoms with E-state index in [-0.39, 0.29) is 0 Å². The monoisotopic (exact) mass is 1160 g/mol. The van der Waals surface area contributed by atoms with Gasteiger partial charge in [-0.25, -0.2) is 9.97 Å². The standard InChI is InChI=1S/C72H62B2N6O4S2/c1-7-47(3)45-83-55-33-29-49(30-34-55)67-65-66(70(60(44-76)72-78-62-42-58(82-6)38-40-64(62)86-72)79(67)73(51-21-13-9-14-22-51)52-23-15-10-16-24-52)68(50-31-35-56(36-32-50)84-46-48(4)8-2)80(74(53-25-17-11-18-26-53)54-27-19-12-20-28-54)69(65)59(43-75)71-77-61-41-57(81-5)37-39-63(61)85-71/h9-42,47-48H,7-8,45-46H2,1-6H3/b69-59-,70-60-. The number of thiazole rings is 2. The Balaban J connectivity index is 1.39. The lowest BCUT2D eigenvalue weighted by atomic mass is 9.50. The fraction of sp³-hybridized carbons (Fsp3) is 0.167. The van der Waals surface area contributed by atoms with E-state index < -0.39 is 13.7 Å². The Kier molecular flexibility index (Phi) is 16.7. The highest BCUT2D eigenvalue weighted by Gasteiger charge is 2.38. The minimum Gasteiger partial charge on any atom is -0.497 e. The first-order valence-electron chi connectivity index (χ1n) is 29.1. The zero-order valence-corrected chi connectivity index (χ0v) is 50.5. The summed E-state index contributed by atoms with van der Waals surface area (Å²) in [6, 6.07) is 75.9. The molecule has 4 heterocycles. The van der Waals surface area contributed by atoms with E-state index >= 15 is 0 Å². The predicted molar refractivity (Wildman–Crippen MR) is 355 cm³/mol. The van der Waals surface area contributed by atoms with Crippen molar-refractivity contribution in [2.45, 2.75) is 40.5 Å². The molecule has 14 heteroatoms. The van der Waals surface area contributed by atoms with E-state index in [1.165, 1.54) is 22.7 Å². The van der Waals surface area contributed by atoms with Gasteiger partial charge in [-0.2, -0.15) is 10.5 Å². The van der Waals surface area contributed by atoms with Crippen LogP contribution >= 0.6 is 22.7 Å². The maximum absolute atomic E-state index is 12.5. The fourth-order valence-electron chi connectivity index (χ4n) is 11.3. The van der Waals surface area contributed by atoms with Crippen molar-refractivity contribution in [1.29, 1.82) is 10.5 Å². The Morgan fingerprint density at radius 2 is 0.791 bits per heavy atom. The molecule has 4 aromatic heterocycles. The summed E-state index contributed by atoms with van der Waals surface area (Å²) in [4.78, 5) is 10.7. The quantitative estimate of drug-likeness (QED) is 0.0692. The van der Waals surface area contributed by atoms with E-state index in [1.54, 1.807) is 14.2 Å². The molecule has 0 N–H and O–H groups in total. The van der Waals surface area contributed by atoms with Crippen LogP contribution < -0.4 is 51.5 Å². The fourth-order valence-corrected chi connectivity index (χ4v) is 13.2. The van der Waals surface area contributed by atoms with E-state index in [1.807, 2.05) is 84.9 Å². The number of hydrogen-bond acceptors (Lipinski definition) is 10. The maximum atomic E-state index is 12.5. The van der Waals surface area contributed by atoms with Crippen LogP contribution in [0.4, 0.5) is 0 Å². The predicted octanol–water partition coefficient (Wildman–Crippen LogP) is 12.6. The first-order valence-corrected chi connectivity index (χ1v) is 30.8. The third-order valence-electron chi connectivity index (χ3n) is 16.2. The Morgan fingerprint density at radius 3 is 1.09 bits per heavy atom. The Morgan fingerprint density at radius 1 is 0.465 bits per heavy atom. The highest BCUT2D eigenvalue weighted by Crippen LogP contribution is 2.39. The van der Waals surface area contributed by atoms with Gasteiger partial charge in [-0.05, 0) is 95.8 Å². The van der Waals surface area contributed by atoms with Crippen molar-refractivity contribution in [2.24, 2.45) is 11.8 Å². The molecule has 12 aromatic rings. The third-order valence-corrected chi connectivity index (χ3v) is 18.3. The molecule has 0 spiro atoms. The second-order valence-corrected chi connectivity index (χ2v) is 23.8. The molecule has 0 saturated carbocycles. The molecule has 0 bridgehead atoms. The topological polar surface area (TPSA) is 120 Å². The number of rotatable bonds is 20. The molecular weight excluding hydrogens is 1100 g/mol. The van der Waals surface area contributed by atoms with E-state index in [0.717, 1.165) is 88.9 Å². The minimum atomic E-state index is -0.557. The number of fused-ring (bicyclic) bond motifs is 3. The van der Waals surface area contributed by atoms with Gasteiger partial charge in [0.05, 0.1) is 58.6 Å². The summed E-state index contributed by atoms with van der Waals surface area (Å²) >= 11 is 2.93. The zero-order valence-electron chi connectivity index (χ0n) is 48.9. The lowest BCUT2D eigenvalue weighted by Crippen LogP contribution is -2.54. The van der Waals surface area contributed by atoms with E-state index in [0.29, 0.717) is 79.4 Å². The molecule has 2 unspecified atom stereocenters. The number of nitrogens with zero attached hydrogens (tertiary/aromatic N) is 6. The molecule has 2 atom stereocenters. The summed E-state index contributed by atoms with van der Waals surface area (Å²) in [5.74, 6) is 3.48. The maximum Gasteiger partial charge on any atom is 0.328 e. The molecular formula is C72H62B2N6O4S2. The number of aromatic nitrogens is 4. The van der Waals surface area contributed by atoms with Gasteiger partial charge < -0.3 is 27.9 Å². The van der Waals surface area contributed by atoms with Crippen LogP contribution in [0.2, 0.25) is 0 Å². The van der Waals surface area contributed by atoms with Crippen LogP contribution in [0.15, 0.2) is 206 Å². The summed E-state index contributed by atoms with van der Waals surface area (Å²) in [7, 11) is 3.29. The van der Waals surface area contributed by atoms with Crippen molar-refractivity contribution in [1.82, 2.24) is 18.9 Å². The third kappa shape index (κ3) is 11.1. The number of nitriles is 2. The molecule has 0 aliphatic heterocycles.